The highest BCUT2D eigenvalue weighted by Gasteiger charge is 2.10. The molecule has 0 unspecified atom stereocenters. The van der Waals surface area contributed by atoms with Crippen molar-refractivity contribution in [2.45, 2.75) is 6.54 Å². The van der Waals surface area contributed by atoms with Crippen LogP contribution < -0.4 is 0 Å². The summed E-state index contributed by atoms with van der Waals surface area (Å²) in [6, 6.07) is 0. The average molecular weight is 247 g/mol. The number of aliphatic imine (C=N–C) groups is 1. The fourth-order valence-electron chi connectivity index (χ4n) is 1.01. The van der Waals surface area contributed by atoms with Crippen LogP contribution in [0.2, 0.25) is 0 Å². The predicted molar refractivity (Wildman–Crippen MR) is 47.7 cm³/mol. The van der Waals surface area contributed by atoms with E-state index in [9.17, 15) is 0 Å². The average Bonchev–Trinajstić information content (AvgIpc) is 2.36. The number of imidazole rings is 1. The van der Waals surface area contributed by atoms with Gasteiger partial charge in [-0.2, -0.15) is 0 Å². The van der Waals surface area contributed by atoms with E-state index >= 15 is 0 Å². The van der Waals surface area contributed by atoms with Crippen molar-refractivity contribution in [3.05, 3.63) is 18.2 Å². The van der Waals surface area contributed by atoms with Gasteiger partial charge in [-0.05, 0) is 22.6 Å². The zero-order valence-electron chi connectivity index (χ0n) is 5.29. The van der Waals surface area contributed by atoms with Gasteiger partial charge in [-0.1, -0.05) is 0 Å². The first-order valence-corrected chi connectivity index (χ1v) is 4.17. The first-order chi connectivity index (χ1) is 4.88. The van der Waals surface area contributed by atoms with Gasteiger partial charge in [-0.15, -0.1) is 0 Å². The van der Waals surface area contributed by atoms with Crippen LogP contribution in [-0.2, 0) is 6.54 Å². The molecule has 3 nitrogen and oxygen atoms in total. The van der Waals surface area contributed by atoms with E-state index < -0.39 is 0 Å². The highest BCUT2D eigenvalue weighted by Crippen LogP contribution is 2.09. The molecule has 2 heterocycles. The molecule has 0 saturated heterocycles. The molecule has 0 saturated carbocycles. The number of nitrogens with zero attached hydrogens (tertiary/aromatic N) is 3. The molecule has 0 radical (unpaired) electrons. The minimum absolute atomic E-state index is 0.891. The molecule has 10 heavy (non-hydrogen) atoms. The molecule has 2 rings (SSSR count). The lowest BCUT2D eigenvalue weighted by Crippen LogP contribution is -2.14. The number of hydrogen-bond acceptors (Lipinski definition) is 2. The van der Waals surface area contributed by atoms with E-state index in [4.69, 9.17) is 0 Å². The Bertz CT molecular complexity index is 276. The van der Waals surface area contributed by atoms with E-state index in [0.29, 0.717) is 0 Å². The van der Waals surface area contributed by atoms with Gasteiger partial charge >= 0.3 is 0 Å². The normalized spacial score (nSPS) is 16.3. The Morgan fingerprint density at radius 3 is 3.30 bits per heavy atom. The number of halogens is 1. The Morgan fingerprint density at radius 2 is 2.50 bits per heavy atom. The number of hydrogen-bond donors (Lipinski definition) is 0. The SMILES string of the molecule is IC1=NCCn2ccnc21. The molecule has 4 heteroatoms. The summed E-state index contributed by atoms with van der Waals surface area (Å²) in [5.74, 6) is 1.01. The van der Waals surface area contributed by atoms with Gasteiger partial charge < -0.3 is 4.57 Å². The molecule has 0 aliphatic carbocycles. The highest BCUT2D eigenvalue weighted by atomic mass is 127. The van der Waals surface area contributed by atoms with Crippen molar-refractivity contribution in [2.75, 3.05) is 6.54 Å². The minimum atomic E-state index is 0.891. The van der Waals surface area contributed by atoms with Gasteiger partial charge in [-0.25, -0.2) is 4.98 Å². The molecule has 0 spiro atoms. The van der Waals surface area contributed by atoms with E-state index in [1.54, 1.807) is 0 Å². The van der Waals surface area contributed by atoms with Crippen LogP contribution in [0.15, 0.2) is 17.4 Å². The Morgan fingerprint density at radius 1 is 1.60 bits per heavy atom. The van der Waals surface area contributed by atoms with Crippen molar-refractivity contribution in [3.8, 4) is 0 Å². The van der Waals surface area contributed by atoms with E-state index in [1.807, 2.05) is 12.4 Å². The maximum Gasteiger partial charge on any atom is 0.164 e. The third-order valence-corrected chi connectivity index (χ3v) is 2.32. The smallest absolute Gasteiger partial charge is 0.164 e. The summed E-state index contributed by atoms with van der Waals surface area (Å²) in [5, 5.41) is 0. The summed E-state index contributed by atoms with van der Waals surface area (Å²) in [6.45, 7) is 1.86. The summed E-state index contributed by atoms with van der Waals surface area (Å²) < 4.78 is 3.14. The van der Waals surface area contributed by atoms with Crippen LogP contribution in [0.3, 0.4) is 0 Å². The topological polar surface area (TPSA) is 30.2 Å². The van der Waals surface area contributed by atoms with E-state index in [2.05, 4.69) is 37.1 Å². The van der Waals surface area contributed by atoms with Crippen LogP contribution in [0, 0.1) is 0 Å². The number of rotatable bonds is 0. The quantitative estimate of drug-likeness (QED) is 0.631. The van der Waals surface area contributed by atoms with Crippen LogP contribution in [0.25, 0.3) is 0 Å². The fraction of sp³-hybridized carbons (Fsp3) is 0.333. The second kappa shape index (κ2) is 2.34. The van der Waals surface area contributed by atoms with Crippen molar-refractivity contribution in [1.82, 2.24) is 9.55 Å². The maximum absolute atomic E-state index is 4.26. The first-order valence-electron chi connectivity index (χ1n) is 3.09. The molecule has 1 aromatic rings. The molecule has 0 atom stereocenters. The fourth-order valence-corrected chi connectivity index (χ4v) is 1.70. The summed E-state index contributed by atoms with van der Waals surface area (Å²) in [4.78, 5) is 8.43. The lowest BCUT2D eigenvalue weighted by Gasteiger charge is -2.09. The minimum Gasteiger partial charge on any atom is -0.327 e. The molecule has 1 aliphatic rings. The summed E-state index contributed by atoms with van der Waals surface area (Å²) in [6.07, 6.45) is 3.80. The van der Waals surface area contributed by atoms with Crippen LogP contribution in [0.5, 0.6) is 0 Å². The van der Waals surface area contributed by atoms with E-state index in [0.717, 1.165) is 22.6 Å². The number of aromatic nitrogens is 2. The van der Waals surface area contributed by atoms with Crippen molar-refractivity contribution in [2.24, 2.45) is 4.99 Å². The van der Waals surface area contributed by atoms with Crippen LogP contribution in [-0.4, -0.2) is 19.8 Å². The lowest BCUT2D eigenvalue weighted by atomic mass is 10.5. The Balaban J connectivity index is 2.55. The Labute approximate surface area is 72.3 Å². The third-order valence-electron chi connectivity index (χ3n) is 1.49. The summed E-state index contributed by atoms with van der Waals surface area (Å²) >= 11 is 2.21. The molecule has 1 aromatic heterocycles. The van der Waals surface area contributed by atoms with Crippen molar-refractivity contribution in [1.29, 1.82) is 0 Å². The molecule has 0 N–H and O–H groups in total. The van der Waals surface area contributed by atoms with Crippen LogP contribution >= 0.6 is 22.6 Å². The van der Waals surface area contributed by atoms with E-state index in [1.165, 1.54) is 0 Å². The molecule has 52 valence electrons. The zero-order chi connectivity index (χ0) is 6.97. The van der Waals surface area contributed by atoms with Gasteiger partial charge in [0.05, 0.1) is 6.54 Å². The van der Waals surface area contributed by atoms with Crippen molar-refractivity contribution < 1.29 is 0 Å². The standard InChI is InChI=1S/C6H6IN3/c7-5-6-9-2-4-10(6)3-1-8-5/h2,4H,1,3H2. The van der Waals surface area contributed by atoms with Crippen LogP contribution in [0.1, 0.15) is 5.82 Å². The Kier molecular flexibility index (Phi) is 1.48. The van der Waals surface area contributed by atoms with Gasteiger partial charge in [-0.3, -0.25) is 4.99 Å². The summed E-state index contributed by atoms with van der Waals surface area (Å²) in [7, 11) is 0. The molecule has 1 aliphatic heterocycles. The van der Waals surface area contributed by atoms with Gasteiger partial charge in [0, 0.05) is 18.9 Å². The maximum atomic E-state index is 4.26. The monoisotopic (exact) mass is 247 g/mol. The second-order valence-corrected chi connectivity index (χ2v) is 3.14. The van der Waals surface area contributed by atoms with Crippen molar-refractivity contribution in [3.63, 3.8) is 0 Å². The highest BCUT2D eigenvalue weighted by molar-refractivity contribution is 14.1. The number of fused-ring (bicyclic) bond motifs is 1. The third kappa shape index (κ3) is 0.865. The van der Waals surface area contributed by atoms with Gasteiger partial charge in [0.15, 0.2) is 5.82 Å². The van der Waals surface area contributed by atoms with Crippen LogP contribution in [0.4, 0.5) is 0 Å². The molecular weight excluding hydrogens is 241 g/mol. The lowest BCUT2D eigenvalue weighted by molar-refractivity contribution is 0.687. The molecular formula is C6H6IN3. The second-order valence-electron chi connectivity index (χ2n) is 2.12. The Hall–Kier alpha value is -0.390. The zero-order valence-corrected chi connectivity index (χ0v) is 7.45. The molecule has 0 aromatic carbocycles. The molecule has 0 amide bonds. The molecule has 0 fully saturated rings. The van der Waals surface area contributed by atoms with Gasteiger partial charge in [0.1, 0.15) is 3.72 Å². The summed E-state index contributed by atoms with van der Waals surface area (Å²) in [5.41, 5.74) is 0. The largest absolute Gasteiger partial charge is 0.327 e. The van der Waals surface area contributed by atoms with Gasteiger partial charge in [0.2, 0.25) is 0 Å². The first kappa shape index (κ1) is 6.33. The van der Waals surface area contributed by atoms with Gasteiger partial charge in [0.25, 0.3) is 0 Å². The van der Waals surface area contributed by atoms with E-state index in [-0.39, 0.29) is 0 Å². The van der Waals surface area contributed by atoms with Crippen molar-refractivity contribution >= 4 is 26.3 Å². The predicted octanol–water partition coefficient (Wildman–Crippen LogP) is 1.08. The molecule has 0 bridgehead atoms.